The minimum Gasteiger partial charge on any atom is -0.497 e. The van der Waals surface area contributed by atoms with E-state index in [9.17, 15) is 9.59 Å². The van der Waals surface area contributed by atoms with E-state index in [-0.39, 0.29) is 17.7 Å². The zero-order valence-corrected chi connectivity index (χ0v) is 19.2. The molecule has 1 heterocycles. The van der Waals surface area contributed by atoms with Crippen molar-refractivity contribution < 1.29 is 23.8 Å². The first-order chi connectivity index (χ1) is 16.6. The molecule has 0 aromatic heterocycles. The van der Waals surface area contributed by atoms with E-state index in [0.29, 0.717) is 11.4 Å². The topological polar surface area (TPSA) is 65.1 Å². The van der Waals surface area contributed by atoms with Crippen LogP contribution in [0.3, 0.4) is 0 Å². The molecule has 1 fully saturated rings. The van der Waals surface area contributed by atoms with Crippen molar-refractivity contribution in [1.29, 1.82) is 0 Å². The first-order valence-corrected chi connectivity index (χ1v) is 11.4. The summed E-state index contributed by atoms with van der Waals surface area (Å²) in [7, 11) is 4.76. The van der Waals surface area contributed by atoms with E-state index >= 15 is 0 Å². The minimum absolute atomic E-state index is 0.190. The molecule has 2 amide bonds. The van der Waals surface area contributed by atoms with E-state index in [1.807, 2.05) is 36.4 Å². The molecule has 3 aromatic rings. The highest BCUT2D eigenvalue weighted by Gasteiger charge is 2.71. The lowest BCUT2D eigenvalue weighted by Crippen LogP contribution is -2.60. The molecule has 3 aliphatic carbocycles. The average Bonchev–Trinajstić information content (AvgIpc) is 3.16. The molecular weight excluding hydrogens is 430 g/mol. The number of hydrogen-bond acceptors (Lipinski definition) is 5. The van der Waals surface area contributed by atoms with E-state index < -0.39 is 23.5 Å². The number of ether oxygens (including phenoxy) is 3. The molecule has 2 bridgehead atoms. The Labute approximate surface area is 198 Å². The van der Waals surface area contributed by atoms with Crippen LogP contribution in [0.4, 0.5) is 5.69 Å². The quantitative estimate of drug-likeness (QED) is 0.432. The third kappa shape index (κ3) is 2.42. The van der Waals surface area contributed by atoms with Crippen LogP contribution in [0.2, 0.25) is 0 Å². The summed E-state index contributed by atoms with van der Waals surface area (Å²) in [6.07, 6.45) is -0.754. The van der Waals surface area contributed by atoms with Crippen molar-refractivity contribution in [1.82, 2.24) is 0 Å². The Bertz CT molecular complexity index is 1250. The van der Waals surface area contributed by atoms with Gasteiger partial charge in [0.15, 0.2) is 6.29 Å². The van der Waals surface area contributed by atoms with E-state index in [0.717, 1.165) is 22.3 Å². The third-order valence-electron chi connectivity index (χ3n) is 7.81. The molecule has 0 radical (unpaired) electrons. The molecule has 3 aromatic carbocycles. The van der Waals surface area contributed by atoms with Gasteiger partial charge in [-0.1, -0.05) is 48.5 Å². The van der Waals surface area contributed by atoms with Crippen molar-refractivity contribution in [3.05, 3.63) is 95.1 Å². The van der Waals surface area contributed by atoms with Gasteiger partial charge < -0.3 is 14.2 Å². The van der Waals surface area contributed by atoms with Gasteiger partial charge in [0.25, 0.3) is 0 Å². The summed E-state index contributed by atoms with van der Waals surface area (Å²) >= 11 is 0. The summed E-state index contributed by atoms with van der Waals surface area (Å²) in [5.74, 6) is -1.17. The second-order valence-electron chi connectivity index (χ2n) is 9.04. The molecule has 6 nitrogen and oxygen atoms in total. The van der Waals surface area contributed by atoms with Crippen molar-refractivity contribution in [2.24, 2.45) is 11.8 Å². The Kier molecular flexibility index (Phi) is 4.66. The largest absolute Gasteiger partial charge is 0.497 e. The monoisotopic (exact) mass is 455 g/mol. The van der Waals surface area contributed by atoms with Gasteiger partial charge >= 0.3 is 0 Å². The van der Waals surface area contributed by atoms with Crippen LogP contribution < -0.4 is 9.64 Å². The summed E-state index contributed by atoms with van der Waals surface area (Å²) in [5.41, 5.74) is 3.68. The Morgan fingerprint density at radius 2 is 1.32 bits per heavy atom. The molecule has 0 N–H and O–H groups in total. The van der Waals surface area contributed by atoms with Gasteiger partial charge in [0.05, 0.1) is 30.0 Å². The van der Waals surface area contributed by atoms with Gasteiger partial charge in [-0.2, -0.15) is 0 Å². The van der Waals surface area contributed by atoms with Crippen LogP contribution in [0.15, 0.2) is 72.8 Å². The molecule has 2 unspecified atom stereocenters. The van der Waals surface area contributed by atoms with Gasteiger partial charge in [-0.05, 0) is 46.5 Å². The second kappa shape index (κ2) is 7.52. The van der Waals surface area contributed by atoms with Crippen LogP contribution in [0.1, 0.15) is 28.2 Å². The SMILES string of the molecule is COc1ccc(N2C(=O)C3C4c5ccccc5C(C(OC)OC)(c5ccccc54)C3C2=O)cc1. The number of hydrogen-bond donors (Lipinski definition) is 0. The van der Waals surface area contributed by atoms with E-state index in [2.05, 4.69) is 12.1 Å². The Balaban J connectivity index is 1.64. The molecular formula is C28H25NO5. The maximum Gasteiger partial charge on any atom is 0.239 e. The zero-order chi connectivity index (χ0) is 23.6. The number of methoxy groups -OCH3 is 3. The molecule has 6 heteroatoms. The second-order valence-corrected chi connectivity index (χ2v) is 9.04. The lowest BCUT2D eigenvalue weighted by Gasteiger charge is -2.56. The maximum absolute atomic E-state index is 14.2. The first kappa shape index (κ1) is 21.1. The smallest absolute Gasteiger partial charge is 0.239 e. The highest BCUT2D eigenvalue weighted by Crippen LogP contribution is 2.65. The number of benzene rings is 3. The molecule has 7 rings (SSSR count). The fraction of sp³-hybridized carbons (Fsp3) is 0.286. The van der Waals surface area contributed by atoms with Gasteiger partial charge in [0.1, 0.15) is 5.75 Å². The third-order valence-corrected chi connectivity index (χ3v) is 7.81. The van der Waals surface area contributed by atoms with Crippen LogP contribution in [0.5, 0.6) is 5.75 Å². The predicted molar refractivity (Wildman–Crippen MR) is 126 cm³/mol. The molecule has 0 saturated carbocycles. The number of carbonyl (C=O) groups is 2. The van der Waals surface area contributed by atoms with Crippen molar-refractivity contribution in [2.45, 2.75) is 17.6 Å². The highest BCUT2D eigenvalue weighted by molar-refractivity contribution is 6.23. The van der Waals surface area contributed by atoms with Gasteiger partial charge in [-0.25, -0.2) is 4.90 Å². The van der Waals surface area contributed by atoms with Crippen molar-refractivity contribution >= 4 is 17.5 Å². The summed E-state index contributed by atoms with van der Waals surface area (Å²) in [6, 6.07) is 23.2. The fourth-order valence-electron chi connectivity index (χ4n) is 6.68. The van der Waals surface area contributed by atoms with Crippen LogP contribution in [0.25, 0.3) is 0 Å². The molecule has 1 aliphatic heterocycles. The Hall–Kier alpha value is -3.48. The molecule has 0 spiro atoms. The van der Waals surface area contributed by atoms with Crippen LogP contribution in [-0.2, 0) is 24.5 Å². The van der Waals surface area contributed by atoms with Crippen LogP contribution >= 0.6 is 0 Å². The number of amides is 2. The van der Waals surface area contributed by atoms with E-state index in [1.165, 1.54) is 4.90 Å². The van der Waals surface area contributed by atoms with E-state index in [1.54, 1.807) is 45.6 Å². The summed E-state index contributed by atoms with van der Waals surface area (Å²) < 4.78 is 17.1. The molecule has 2 atom stereocenters. The van der Waals surface area contributed by atoms with Crippen molar-refractivity contribution in [3.8, 4) is 5.75 Å². The summed E-state index contributed by atoms with van der Waals surface area (Å²) in [4.78, 5) is 29.6. The van der Waals surface area contributed by atoms with Crippen LogP contribution in [0, 0.1) is 11.8 Å². The van der Waals surface area contributed by atoms with Gasteiger partial charge in [0.2, 0.25) is 11.8 Å². The fourth-order valence-corrected chi connectivity index (χ4v) is 6.68. The highest BCUT2D eigenvalue weighted by atomic mass is 16.7. The van der Waals surface area contributed by atoms with E-state index in [4.69, 9.17) is 14.2 Å². The zero-order valence-electron chi connectivity index (χ0n) is 19.2. The average molecular weight is 456 g/mol. The predicted octanol–water partition coefficient (Wildman–Crippen LogP) is 3.86. The van der Waals surface area contributed by atoms with Gasteiger partial charge in [-0.15, -0.1) is 0 Å². The first-order valence-electron chi connectivity index (χ1n) is 11.4. The molecule has 1 saturated heterocycles. The number of carbonyl (C=O) groups excluding carboxylic acids is 2. The lowest BCUT2D eigenvalue weighted by atomic mass is 9.47. The summed E-state index contributed by atoms with van der Waals surface area (Å²) in [6.45, 7) is 0. The number of anilines is 1. The molecule has 34 heavy (non-hydrogen) atoms. The normalized spacial score (nSPS) is 26.5. The van der Waals surface area contributed by atoms with Crippen molar-refractivity contribution in [2.75, 3.05) is 26.2 Å². The molecule has 172 valence electrons. The number of rotatable bonds is 5. The molecule has 4 aliphatic rings. The Morgan fingerprint density at radius 1 is 0.765 bits per heavy atom. The lowest BCUT2D eigenvalue weighted by molar-refractivity contribution is -0.168. The standard InChI is InChI=1S/C28H25NO5/c1-32-17-14-12-16(13-15-17)29-25(30)23-22-18-8-4-6-10-20(18)28(24(23)26(29)31,27(33-2)34-3)21-11-7-5-9-19(21)22/h4-15,22-24,27H,1-3H3. The van der Waals surface area contributed by atoms with Gasteiger partial charge in [0, 0.05) is 20.1 Å². The van der Waals surface area contributed by atoms with Crippen molar-refractivity contribution in [3.63, 3.8) is 0 Å². The number of imide groups is 1. The maximum atomic E-state index is 14.2. The minimum atomic E-state index is -0.954. The summed E-state index contributed by atoms with van der Waals surface area (Å²) in [5, 5.41) is 0. The Morgan fingerprint density at radius 3 is 1.85 bits per heavy atom. The van der Waals surface area contributed by atoms with Crippen LogP contribution in [-0.4, -0.2) is 39.4 Å². The number of nitrogens with zero attached hydrogens (tertiary/aromatic N) is 1. The van der Waals surface area contributed by atoms with Gasteiger partial charge in [-0.3, -0.25) is 9.59 Å².